The van der Waals surface area contributed by atoms with Gasteiger partial charge in [-0.15, -0.1) is 0 Å². The third kappa shape index (κ3) is 3.05. The summed E-state index contributed by atoms with van der Waals surface area (Å²) >= 11 is 5.00. The fourth-order valence-corrected chi connectivity index (χ4v) is 2.26. The zero-order chi connectivity index (χ0) is 14.5. The van der Waals surface area contributed by atoms with Gasteiger partial charge < -0.3 is 15.2 Å². The van der Waals surface area contributed by atoms with E-state index in [0.717, 1.165) is 10.8 Å². The van der Waals surface area contributed by atoms with E-state index in [1.165, 1.54) is 0 Å². The van der Waals surface area contributed by atoms with Gasteiger partial charge in [-0.1, -0.05) is 30.3 Å². The molecule has 4 nitrogen and oxygen atoms in total. The first-order chi connectivity index (χ1) is 9.63. The Kier molecular flexibility index (Phi) is 4.53. The molecule has 104 valence electrons. The van der Waals surface area contributed by atoms with Crippen LogP contribution in [-0.2, 0) is 11.3 Å². The molecule has 0 aliphatic carbocycles. The van der Waals surface area contributed by atoms with Crippen LogP contribution in [0, 0.1) is 0 Å². The first kappa shape index (κ1) is 14.3. The van der Waals surface area contributed by atoms with Gasteiger partial charge in [0, 0.05) is 6.54 Å². The van der Waals surface area contributed by atoms with E-state index in [2.05, 4.69) is 5.32 Å². The van der Waals surface area contributed by atoms with Crippen LogP contribution < -0.4 is 5.32 Å². The normalized spacial score (nSPS) is 10.2. The molecule has 0 fully saturated rings. The lowest BCUT2D eigenvalue weighted by Gasteiger charge is -2.13. The molecular formula is C15H15NO3S. The Morgan fingerprint density at radius 3 is 2.75 bits per heavy atom. The molecule has 0 aromatic heterocycles. The van der Waals surface area contributed by atoms with Gasteiger partial charge >= 0.3 is 5.97 Å². The first-order valence-corrected chi connectivity index (χ1v) is 6.69. The summed E-state index contributed by atoms with van der Waals surface area (Å²) in [4.78, 5) is 11.3. The van der Waals surface area contributed by atoms with Crippen LogP contribution in [0.5, 0.6) is 0 Å². The van der Waals surface area contributed by atoms with Gasteiger partial charge in [-0.3, -0.25) is 0 Å². The Bertz CT molecular complexity index is 655. The number of aromatic carboxylic acids is 1. The maximum absolute atomic E-state index is 11.3. The molecule has 5 heteroatoms. The zero-order valence-electron chi connectivity index (χ0n) is 11.1. The Balaban J connectivity index is 2.39. The Labute approximate surface area is 122 Å². The van der Waals surface area contributed by atoms with Crippen LogP contribution in [0.3, 0.4) is 0 Å². The Morgan fingerprint density at radius 2 is 2.05 bits per heavy atom. The lowest BCUT2D eigenvalue weighted by molar-refractivity contribution is 0.0695. The number of hydrogen-bond donors (Lipinski definition) is 2. The molecule has 0 amide bonds. The number of nitrogens with one attached hydrogen (secondary N) is 1. The minimum atomic E-state index is -0.949. The molecule has 2 rings (SSSR count). The average molecular weight is 289 g/mol. The van der Waals surface area contributed by atoms with Crippen LogP contribution in [0.15, 0.2) is 36.4 Å². The van der Waals surface area contributed by atoms with Gasteiger partial charge in [0.1, 0.15) is 0 Å². The molecule has 2 aromatic rings. The van der Waals surface area contributed by atoms with Crippen molar-refractivity contribution in [2.24, 2.45) is 0 Å². The van der Waals surface area contributed by atoms with Crippen LogP contribution in [-0.4, -0.2) is 22.9 Å². The van der Waals surface area contributed by atoms with Crippen LogP contribution >= 0.6 is 12.2 Å². The fraction of sp³-hybridized carbons (Fsp3) is 0.200. The standard InChI is InChI=1S/C15H15NO3S/c1-2-19-15(20)16-9-13-11-6-4-3-5-10(11)7-8-12(13)14(17)18/h3-8H,2,9H2,1H3,(H,16,20)(H,17,18). The van der Waals surface area contributed by atoms with Gasteiger partial charge in [-0.05, 0) is 41.5 Å². The maximum Gasteiger partial charge on any atom is 0.336 e. The summed E-state index contributed by atoms with van der Waals surface area (Å²) in [5.41, 5.74) is 0.980. The minimum Gasteiger partial charge on any atom is -0.478 e. The second kappa shape index (κ2) is 6.34. The molecule has 0 unspecified atom stereocenters. The average Bonchev–Trinajstić information content (AvgIpc) is 2.44. The van der Waals surface area contributed by atoms with Crippen molar-refractivity contribution in [3.8, 4) is 0 Å². The van der Waals surface area contributed by atoms with E-state index in [0.29, 0.717) is 18.7 Å². The van der Waals surface area contributed by atoms with E-state index in [1.54, 1.807) is 6.07 Å². The van der Waals surface area contributed by atoms with Crippen LogP contribution in [0.4, 0.5) is 0 Å². The number of carboxylic acid groups (broad SMARTS) is 1. The summed E-state index contributed by atoms with van der Waals surface area (Å²) < 4.78 is 5.15. The van der Waals surface area contributed by atoms with Crippen molar-refractivity contribution in [2.45, 2.75) is 13.5 Å². The number of benzene rings is 2. The van der Waals surface area contributed by atoms with Crippen molar-refractivity contribution in [3.05, 3.63) is 47.5 Å². The number of hydrogen-bond acceptors (Lipinski definition) is 3. The van der Waals surface area contributed by atoms with E-state index in [1.807, 2.05) is 37.3 Å². The molecule has 0 atom stereocenters. The molecule has 0 bridgehead atoms. The van der Waals surface area contributed by atoms with Crippen LogP contribution in [0.25, 0.3) is 10.8 Å². The monoisotopic (exact) mass is 289 g/mol. The summed E-state index contributed by atoms with van der Waals surface area (Å²) in [6.07, 6.45) is 0. The molecule has 2 aromatic carbocycles. The van der Waals surface area contributed by atoms with Gasteiger partial charge in [-0.2, -0.15) is 0 Å². The van der Waals surface area contributed by atoms with Crippen molar-refractivity contribution in [3.63, 3.8) is 0 Å². The zero-order valence-corrected chi connectivity index (χ0v) is 11.9. The molecule has 2 N–H and O–H groups in total. The summed E-state index contributed by atoms with van der Waals surface area (Å²) in [6.45, 7) is 2.64. The SMILES string of the molecule is CCOC(=S)NCc1c(C(=O)O)ccc2ccccc12. The van der Waals surface area contributed by atoms with Gasteiger partial charge in [-0.25, -0.2) is 4.79 Å². The highest BCUT2D eigenvalue weighted by Crippen LogP contribution is 2.22. The molecule has 0 heterocycles. The number of carboxylic acids is 1. The summed E-state index contributed by atoms with van der Waals surface area (Å²) in [6, 6.07) is 11.1. The molecule has 0 saturated heterocycles. The molecular weight excluding hydrogens is 274 g/mol. The summed E-state index contributed by atoms with van der Waals surface area (Å²) in [7, 11) is 0. The van der Waals surface area contributed by atoms with Crippen molar-refractivity contribution in [1.29, 1.82) is 0 Å². The molecule has 0 saturated carbocycles. The number of fused-ring (bicyclic) bond motifs is 1. The second-order valence-electron chi connectivity index (χ2n) is 4.19. The third-order valence-electron chi connectivity index (χ3n) is 2.96. The highest BCUT2D eigenvalue weighted by atomic mass is 32.1. The summed E-state index contributed by atoms with van der Waals surface area (Å²) in [5.74, 6) is -0.949. The van der Waals surface area contributed by atoms with Gasteiger partial charge in [0.2, 0.25) is 0 Å². The Morgan fingerprint density at radius 1 is 1.30 bits per heavy atom. The molecule has 0 radical (unpaired) electrons. The first-order valence-electron chi connectivity index (χ1n) is 6.28. The van der Waals surface area contributed by atoms with Crippen molar-refractivity contribution in [2.75, 3.05) is 6.61 Å². The predicted octanol–water partition coefficient (Wildman–Crippen LogP) is 2.95. The lowest BCUT2D eigenvalue weighted by atomic mass is 9.99. The molecule has 20 heavy (non-hydrogen) atoms. The quantitative estimate of drug-likeness (QED) is 0.847. The van der Waals surface area contributed by atoms with Crippen LogP contribution in [0.2, 0.25) is 0 Å². The van der Waals surface area contributed by atoms with Gasteiger partial charge in [0.05, 0.1) is 12.2 Å². The van der Waals surface area contributed by atoms with Crippen molar-refractivity contribution >= 4 is 34.1 Å². The lowest BCUT2D eigenvalue weighted by Crippen LogP contribution is -2.24. The topological polar surface area (TPSA) is 58.6 Å². The Hall–Kier alpha value is -2.14. The predicted molar refractivity (Wildman–Crippen MR) is 82.0 cm³/mol. The molecule has 0 aliphatic heterocycles. The van der Waals surface area contributed by atoms with E-state index >= 15 is 0 Å². The largest absolute Gasteiger partial charge is 0.478 e. The van der Waals surface area contributed by atoms with E-state index < -0.39 is 5.97 Å². The van der Waals surface area contributed by atoms with E-state index in [9.17, 15) is 9.90 Å². The molecule has 0 spiro atoms. The second-order valence-corrected chi connectivity index (χ2v) is 4.56. The number of thiocarbonyl (C=S) groups is 1. The minimum absolute atomic E-state index is 0.274. The number of rotatable bonds is 4. The fourth-order valence-electron chi connectivity index (χ4n) is 2.07. The number of carbonyl (C=O) groups is 1. The third-order valence-corrected chi connectivity index (χ3v) is 3.22. The molecule has 0 aliphatic rings. The van der Waals surface area contributed by atoms with Crippen molar-refractivity contribution in [1.82, 2.24) is 5.32 Å². The van der Waals surface area contributed by atoms with E-state index in [-0.39, 0.29) is 10.7 Å². The summed E-state index contributed by atoms with van der Waals surface area (Å²) in [5, 5.41) is 14.4. The highest BCUT2D eigenvalue weighted by Gasteiger charge is 2.13. The van der Waals surface area contributed by atoms with E-state index in [4.69, 9.17) is 17.0 Å². The highest BCUT2D eigenvalue weighted by molar-refractivity contribution is 7.80. The smallest absolute Gasteiger partial charge is 0.336 e. The van der Waals surface area contributed by atoms with Crippen molar-refractivity contribution < 1.29 is 14.6 Å². The van der Waals surface area contributed by atoms with Gasteiger partial charge in [0.15, 0.2) is 0 Å². The van der Waals surface area contributed by atoms with Crippen LogP contribution in [0.1, 0.15) is 22.8 Å². The van der Waals surface area contributed by atoms with Gasteiger partial charge in [0.25, 0.3) is 5.17 Å². The maximum atomic E-state index is 11.3. The number of ether oxygens (including phenoxy) is 1.